The van der Waals surface area contributed by atoms with Crippen LogP contribution in [0.5, 0.6) is 0 Å². The quantitative estimate of drug-likeness (QED) is 0.477. The van der Waals surface area contributed by atoms with Crippen LogP contribution >= 0.6 is 11.5 Å². The largest absolute Gasteiger partial charge is 0.356 e. The first-order valence-electron chi connectivity index (χ1n) is 10.2. The lowest BCUT2D eigenvalue weighted by Crippen LogP contribution is -2.31. The molecule has 0 unspecified atom stereocenters. The van der Waals surface area contributed by atoms with Crippen molar-refractivity contribution in [2.75, 3.05) is 18.0 Å². The molecule has 0 spiro atoms. The normalized spacial score (nSPS) is 10.7. The Balaban J connectivity index is 1.66. The van der Waals surface area contributed by atoms with Crippen molar-refractivity contribution >= 4 is 22.6 Å². The summed E-state index contributed by atoms with van der Waals surface area (Å²) in [6.45, 7) is 4.19. The Morgan fingerprint density at radius 3 is 2.41 bits per heavy atom. The van der Waals surface area contributed by atoms with E-state index >= 15 is 0 Å². The van der Waals surface area contributed by atoms with Gasteiger partial charge in [-0.3, -0.25) is 4.79 Å². The fourth-order valence-electron chi connectivity index (χ4n) is 3.00. The van der Waals surface area contributed by atoms with Crippen molar-refractivity contribution in [2.45, 2.75) is 39.2 Å². The minimum absolute atomic E-state index is 0.0885. The van der Waals surface area contributed by atoms with Gasteiger partial charge in [0.05, 0.1) is 0 Å². The van der Waals surface area contributed by atoms with E-state index in [4.69, 9.17) is 4.98 Å². The highest BCUT2D eigenvalue weighted by Crippen LogP contribution is 2.21. The number of carbonyl (C=O) groups excluding carboxylic acids is 1. The van der Waals surface area contributed by atoms with E-state index in [1.54, 1.807) is 0 Å². The molecule has 1 amide bonds. The third-order valence-electron chi connectivity index (χ3n) is 4.61. The molecular formula is C23H28N4OS. The highest BCUT2D eigenvalue weighted by molar-refractivity contribution is 7.09. The van der Waals surface area contributed by atoms with Crippen LogP contribution in [0.15, 0.2) is 60.7 Å². The predicted octanol–water partition coefficient (Wildman–Crippen LogP) is 4.44. The van der Waals surface area contributed by atoms with Crippen LogP contribution in [0.4, 0.5) is 5.13 Å². The van der Waals surface area contributed by atoms with Gasteiger partial charge in [0.25, 0.3) is 0 Å². The van der Waals surface area contributed by atoms with Gasteiger partial charge in [-0.15, -0.1) is 0 Å². The van der Waals surface area contributed by atoms with Gasteiger partial charge in [0.1, 0.15) is 5.82 Å². The molecule has 0 atom stereocenters. The lowest BCUT2D eigenvalue weighted by Gasteiger charge is -2.21. The molecule has 2 aromatic carbocycles. The second-order valence-electron chi connectivity index (χ2n) is 7.02. The molecule has 0 radical (unpaired) electrons. The monoisotopic (exact) mass is 408 g/mol. The Morgan fingerprint density at radius 2 is 1.72 bits per heavy atom. The third-order valence-corrected chi connectivity index (χ3v) is 5.43. The van der Waals surface area contributed by atoms with Crippen LogP contribution in [0.2, 0.25) is 0 Å². The zero-order valence-electron chi connectivity index (χ0n) is 16.9. The Morgan fingerprint density at radius 1 is 1.03 bits per heavy atom. The van der Waals surface area contributed by atoms with Crippen LogP contribution in [0.25, 0.3) is 0 Å². The van der Waals surface area contributed by atoms with Gasteiger partial charge in [0, 0.05) is 44.0 Å². The maximum Gasteiger partial charge on any atom is 0.221 e. The number of benzene rings is 2. The van der Waals surface area contributed by atoms with Gasteiger partial charge >= 0.3 is 0 Å². The lowest BCUT2D eigenvalue weighted by atomic mass is 10.1. The van der Waals surface area contributed by atoms with Gasteiger partial charge in [0.15, 0.2) is 0 Å². The summed E-state index contributed by atoms with van der Waals surface area (Å²) in [5.41, 5.74) is 2.39. The number of amides is 1. The first-order chi connectivity index (χ1) is 14.2. The highest BCUT2D eigenvalue weighted by atomic mass is 32.1. The third kappa shape index (κ3) is 6.98. The van der Waals surface area contributed by atoms with Crippen LogP contribution in [-0.4, -0.2) is 28.4 Å². The van der Waals surface area contributed by atoms with Crippen molar-refractivity contribution < 1.29 is 4.79 Å². The summed E-state index contributed by atoms with van der Waals surface area (Å²) in [6, 6.07) is 20.5. The van der Waals surface area contributed by atoms with Gasteiger partial charge in [-0.1, -0.05) is 74.0 Å². The maximum absolute atomic E-state index is 12.2. The van der Waals surface area contributed by atoms with Crippen LogP contribution in [0.3, 0.4) is 0 Å². The smallest absolute Gasteiger partial charge is 0.221 e. The summed E-state index contributed by atoms with van der Waals surface area (Å²) in [4.78, 5) is 19.1. The molecule has 0 aliphatic carbocycles. The number of nitrogens with one attached hydrogen (secondary N) is 1. The van der Waals surface area contributed by atoms with Crippen LogP contribution in [0.1, 0.15) is 43.1 Å². The van der Waals surface area contributed by atoms with E-state index < -0.39 is 0 Å². The molecule has 0 bridgehead atoms. The molecule has 1 N–H and O–H groups in total. The molecule has 152 valence electrons. The lowest BCUT2D eigenvalue weighted by molar-refractivity contribution is -0.120. The summed E-state index contributed by atoms with van der Waals surface area (Å²) in [5.74, 6) is 0.909. The van der Waals surface area contributed by atoms with E-state index in [1.165, 1.54) is 22.7 Å². The molecule has 0 saturated carbocycles. The maximum atomic E-state index is 12.2. The Hall–Kier alpha value is -2.73. The Kier molecular flexibility index (Phi) is 8.19. The minimum Gasteiger partial charge on any atom is -0.356 e. The molecule has 5 nitrogen and oxygen atoms in total. The summed E-state index contributed by atoms with van der Waals surface area (Å²) >= 11 is 1.40. The summed E-state index contributed by atoms with van der Waals surface area (Å²) in [5, 5.41) is 3.86. The fraction of sp³-hybridized carbons (Fsp3) is 0.348. The molecule has 3 rings (SSSR count). The van der Waals surface area contributed by atoms with E-state index in [0.717, 1.165) is 30.3 Å². The molecule has 0 fully saturated rings. The number of hydrogen-bond acceptors (Lipinski definition) is 5. The van der Waals surface area contributed by atoms with Gasteiger partial charge in [-0.05, 0) is 17.5 Å². The second-order valence-corrected chi connectivity index (χ2v) is 7.75. The van der Waals surface area contributed by atoms with E-state index in [2.05, 4.69) is 45.8 Å². The first-order valence-corrected chi connectivity index (χ1v) is 10.9. The number of anilines is 1. The van der Waals surface area contributed by atoms with E-state index in [0.29, 0.717) is 25.9 Å². The number of rotatable bonds is 11. The zero-order valence-corrected chi connectivity index (χ0v) is 17.7. The van der Waals surface area contributed by atoms with Crippen molar-refractivity contribution in [3.8, 4) is 0 Å². The van der Waals surface area contributed by atoms with Gasteiger partial charge in [-0.2, -0.15) is 4.37 Å². The fourth-order valence-corrected chi connectivity index (χ4v) is 3.71. The standard InChI is InChI=1S/C23H28N4OS/c1-2-3-15-24-22(28)14-16-27(18-20-12-8-5-9-13-20)23-25-21(26-29-23)17-19-10-6-4-7-11-19/h4-13H,2-3,14-18H2,1H3,(H,24,28). The second kappa shape index (κ2) is 11.3. The van der Waals surface area contributed by atoms with Crippen LogP contribution < -0.4 is 10.2 Å². The van der Waals surface area contributed by atoms with Gasteiger partial charge < -0.3 is 10.2 Å². The summed E-state index contributed by atoms with van der Waals surface area (Å²) < 4.78 is 4.55. The average molecular weight is 409 g/mol. The average Bonchev–Trinajstić information content (AvgIpc) is 3.21. The zero-order chi connectivity index (χ0) is 20.3. The summed E-state index contributed by atoms with van der Waals surface area (Å²) in [6.07, 6.45) is 3.26. The molecule has 0 aliphatic rings. The van der Waals surface area contributed by atoms with Crippen molar-refractivity contribution in [1.82, 2.24) is 14.7 Å². The molecular weight excluding hydrogens is 380 g/mol. The van der Waals surface area contributed by atoms with Gasteiger partial charge in [0.2, 0.25) is 11.0 Å². The number of aromatic nitrogens is 2. The SMILES string of the molecule is CCCCNC(=O)CCN(Cc1ccccc1)c1nc(Cc2ccccc2)ns1. The Labute approximate surface area is 177 Å². The van der Waals surface area contributed by atoms with Crippen molar-refractivity contribution in [3.63, 3.8) is 0 Å². The topological polar surface area (TPSA) is 58.1 Å². The van der Waals surface area contributed by atoms with Gasteiger partial charge in [-0.25, -0.2) is 4.98 Å². The summed E-state index contributed by atoms with van der Waals surface area (Å²) in [7, 11) is 0. The predicted molar refractivity (Wildman–Crippen MR) is 119 cm³/mol. The first kappa shape index (κ1) is 21.0. The van der Waals surface area contributed by atoms with Crippen LogP contribution in [-0.2, 0) is 17.8 Å². The van der Waals surface area contributed by atoms with E-state index in [1.807, 2.05) is 36.4 Å². The molecule has 3 aromatic rings. The molecule has 1 aromatic heterocycles. The van der Waals surface area contributed by atoms with Crippen molar-refractivity contribution in [1.29, 1.82) is 0 Å². The van der Waals surface area contributed by atoms with Crippen molar-refractivity contribution in [2.24, 2.45) is 0 Å². The molecule has 0 saturated heterocycles. The molecule has 29 heavy (non-hydrogen) atoms. The number of hydrogen-bond donors (Lipinski definition) is 1. The molecule has 0 aliphatic heterocycles. The van der Waals surface area contributed by atoms with E-state index in [9.17, 15) is 4.79 Å². The van der Waals surface area contributed by atoms with Crippen LogP contribution in [0, 0.1) is 0 Å². The highest BCUT2D eigenvalue weighted by Gasteiger charge is 2.15. The molecule has 6 heteroatoms. The number of nitrogens with zero attached hydrogens (tertiary/aromatic N) is 3. The Bertz CT molecular complexity index is 867. The molecule has 1 heterocycles. The van der Waals surface area contributed by atoms with Crippen molar-refractivity contribution in [3.05, 3.63) is 77.6 Å². The number of unbranched alkanes of at least 4 members (excludes halogenated alkanes) is 1. The number of carbonyl (C=O) groups is 1. The minimum atomic E-state index is 0.0885. The van der Waals surface area contributed by atoms with E-state index in [-0.39, 0.29) is 5.91 Å².